The van der Waals surface area contributed by atoms with E-state index in [0.29, 0.717) is 70.5 Å². The Bertz CT molecular complexity index is 1150. The van der Waals surface area contributed by atoms with E-state index in [0.717, 1.165) is 0 Å². The summed E-state index contributed by atoms with van der Waals surface area (Å²) in [7, 11) is 0. The zero-order valence-electron chi connectivity index (χ0n) is 18.5. The molecular weight excluding hydrogens is 442 g/mol. The zero-order chi connectivity index (χ0) is 23.4. The Morgan fingerprint density at radius 3 is 2.85 bits per heavy atom. The lowest BCUT2D eigenvalue weighted by atomic mass is 10.1. The number of fused-ring (bicyclic) bond motifs is 1. The van der Waals surface area contributed by atoms with Crippen molar-refractivity contribution in [3.63, 3.8) is 0 Å². The minimum atomic E-state index is -0.302. The van der Waals surface area contributed by atoms with Crippen LogP contribution in [0.3, 0.4) is 0 Å². The molecule has 7 nitrogen and oxygen atoms in total. The average molecular weight is 468 g/mol. The fourth-order valence-electron chi connectivity index (χ4n) is 3.54. The lowest BCUT2D eigenvalue weighted by Crippen LogP contribution is -2.31. The van der Waals surface area contributed by atoms with Gasteiger partial charge in [-0.1, -0.05) is 43.6 Å². The van der Waals surface area contributed by atoms with Crippen molar-refractivity contribution in [1.29, 1.82) is 0 Å². The molecule has 0 spiro atoms. The monoisotopic (exact) mass is 467 g/mol. The smallest absolute Gasteiger partial charge is 0.259 e. The normalized spacial score (nSPS) is 12.8. The van der Waals surface area contributed by atoms with Crippen LogP contribution in [0.25, 0.3) is 0 Å². The molecule has 0 unspecified atom stereocenters. The third-order valence-corrected chi connectivity index (χ3v) is 5.39. The number of aliphatic hydroxyl groups excluding tert-OH is 1. The van der Waals surface area contributed by atoms with Gasteiger partial charge in [0.15, 0.2) is 11.6 Å². The van der Waals surface area contributed by atoms with Crippen molar-refractivity contribution in [1.82, 2.24) is 4.98 Å². The van der Waals surface area contributed by atoms with Gasteiger partial charge in [-0.15, -0.1) is 0 Å². The minimum Gasteiger partial charge on any atom is -0.491 e. The molecular formula is C25H26ClN3O4. The number of para-hydroxylation sites is 3. The number of benzene rings is 2. The Morgan fingerprint density at radius 1 is 1.27 bits per heavy atom. The summed E-state index contributed by atoms with van der Waals surface area (Å²) in [6.45, 7) is 5.44. The summed E-state index contributed by atoms with van der Waals surface area (Å²) < 4.78 is 11.8. The van der Waals surface area contributed by atoms with Crippen LogP contribution in [0, 0.1) is 5.92 Å². The number of anilines is 3. The van der Waals surface area contributed by atoms with E-state index in [1.165, 1.54) is 0 Å². The van der Waals surface area contributed by atoms with Crippen LogP contribution in [0.15, 0.2) is 54.7 Å². The number of hydrogen-bond acceptors (Lipinski definition) is 6. The highest BCUT2D eigenvalue weighted by molar-refractivity contribution is 6.33. The van der Waals surface area contributed by atoms with Gasteiger partial charge in [0.1, 0.15) is 12.4 Å². The lowest BCUT2D eigenvalue weighted by molar-refractivity contribution is 0.102. The summed E-state index contributed by atoms with van der Waals surface area (Å²) in [6, 6.07) is 14.4. The van der Waals surface area contributed by atoms with Gasteiger partial charge in [-0.25, -0.2) is 4.98 Å². The van der Waals surface area contributed by atoms with Crippen LogP contribution in [0.4, 0.5) is 17.2 Å². The van der Waals surface area contributed by atoms with Crippen LogP contribution in [0.5, 0.6) is 11.5 Å². The number of carbonyl (C=O) groups excluding carboxylic acids is 1. The number of nitrogens with zero attached hydrogens (tertiary/aromatic N) is 2. The maximum absolute atomic E-state index is 13.2. The number of aliphatic hydroxyl groups is 1. The van der Waals surface area contributed by atoms with Crippen LogP contribution < -0.4 is 19.7 Å². The zero-order valence-corrected chi connectivity index (χ0v) is 19.3. The van der Waals surface area contributed by atoms with Crippen molar-refractivity contribution in [2.24, 2.45) is 5.92 Å². The number of amides is 1. The standard InChI is InChI=1S/C25H26ClN3O4/c1-16(2)15-33-22-9-4-3-7-20(22)28-25(31)18-6-5-8-21-23(18)32-11-10-29(21)24-19(26)12-17(14-30)13-27-24/h3-9,12-13,16,30H,10-11,14-15H2,1-2H3,(H,28,31). The molecule has 2 heterocycles. The molecule has 0 saturated carbocycles. The lowest BCUT2D eigenvalue weighted by Gasteiger charge is -2.32. The van der Waals surface area contributed by atoms with E-state index in [1.54, 1.807) is 24.4 Å². The summed E-state index contributed by atoms with van der Waals surface area (Å²) in [6.07, 6.45) is 1.58. The topological polar surface area (TPSA) is 83.9 Å². The predicted molar refractivity (Wildman–Crippen MR) is 129 cm³/mol. The van der Waals surface area contributed by atoms with E-state index in [2.05, 4.69) is 24.1 Å². The first kappa shape index (κ1) is 22.9. The van der Waals surface area contributed by atoms with Crippen molar-refractivity contribution in [3.05, 3.63) is 70.9 Å². The molecule has 172 valence electrons. The highest BCUT2D eigenvalue weighted by Crippen LogP contribution is 2.41. The third kappa shape index (κ3) is 5.05. The molecule has 0 bridgehead atoms. The molecule has 4 rings (SSSR count). The second kappa shape index (κ2) is 10.1. The van der Waals surface area contributed by atoms with Crippen molar-refractivity contribution in [3.8, 4) is 11.5 Å². The molecule has 2 N–H and O–H groups in total. The molecule has 33 heavy (non-hydrogen) atoms. The molecule has 8 heteroatoms. The SMILES string of the molecule is CC(C)COc1ccccc1NC(=O)c1cccc2c1OCCN2c1ncc(CO)cc1Cl. The molecule has 0 saturated heterocycles. The van der Waals surface area contributed by atoms with E-state index < -0.39 is 0 Å². The van der Waals surface area contributed by atoms with E-state index in [4.69, 9.17) is 21.1 Å². The predicted octanol–water partition coefficient (Wildman–Crippen LogP) is 5.04. The number of pyridine rings is 1. The minimum absolute atomic E-state index is 0.140. The average Bonchev–Trinajstić information content (AvgIpc) is 2.82. The van der Waals surface area contributed by atoms with E-state index in [9.17, 15) is 9.90 Å². The number of hydrogen-bond donors (Lipinski definition) is 2. The van der Waals surface area contributed by atoms with Crippen LogP contribution in [0.1, 0.15) is 29.8 Å². The van der Waals surface area contributed by atoms with Crippen molar-refractivity contribution in [2.75, 3.05) is 30.0 Å². The van der Waals surface area contributed by atoms with E-state index in [-0.39, 0.29) is 12.5 Å². The van der Waals surface area contributed by atoms with Crippen LogP contribution in [-0.2, 0) is 6.61 Å². The van der Waals surface area contributed by atoms with Gasteiger partial charge < -0.3 is 24.8 Å². The molecule has 0 aliphatic carbocycles. The second-order valence-corrected chi connectivity index (χ2v) is 8.52. The fraction of sp³-hybridized carbons (Fsp3) is 0.280. The van der Waals surface area contributed by atoms with Gasteiger partial charge in [0.05, 0.1) is 41.7 Å². The first-order valence-electron chi connectivity index (χ1n) is 10.8. The van der Waals surface area contributed by atoms with Crippen LogP contribution >= 0.6 is 11.6 Å². The molecule has 1 aromatic heterocycles. The Balaban J connectivity index is 1.63. The van der Waals surface area contributed by atoms with Gasteiger partial charge in [0.25, 0.3) is 5.91 Å². The van der Waals surface area contributed by atoms with Gasteiger partial charge in [0, 0.05) is 6.20 Å². The Kier molecular flexibility index (Phi) is 7.01. The van der Waals surface area contributed by atoms with Crippen LogP contribution in [-0.4, -0.2) is 35.8 Å². The van der Waals surface area contributed by atoms with Crippen molar-refractivity contribution >= 4 is 34.7 Å². The van der Waals surface area contributed by atoms with Gasteiger partial charge >= 0.3 is 0 Å². The van der Waals surface area contributed by atoms with Gasteiger partial charge in [-0.2, -0.15) is 0 Å². The molecule has 3 aromatic rings. The number of aromatic nitrogens is 1. The molecule has 0 atom stereocenters. The first-order chi connectivity index (χ1) is 16.0. The largest absolute Gasteiger partial charge is 0.491 e. The molecule has 0 fully saturated rings. The molecule has 2 aromatic carbocycles. The van der Waals surface area contributed by atoms with Gasteiger partial charge in [0.2, 0.25) is 0 Å². The maximum Gasteiger partial charge on any atom is 0.259 e. The second-order valence-electron chi connectivity index (χ2n) is 8.12. The highest BCUT2D eigenvalue weighted by atomic mass is 35.5. The quantitative estimate of drug-likeness (QED) is 0.506. The van der Waals surface area contributed by atoms with Gasteiger partial charge in [-0.05, 0) is 41.8 Å². The number of nitrogens with one attached hydrogen (secondary N) is 1. The number of halogens is 1. The molecule has 1 aliphatic heterocycles. The van der Waals surface area contributed by atoms with Crippen molar-refractivity contribution < 1.29 is 19.4 Å². The summed E-state index contributed by atoms with van der Waals surface area (Å²) in [5, 5.41) is 12.7. The highest BCUT2D eigenvalue weighted by Gasteiger charge is 2.27. The van der Waals surface area contributed by atoms with Crippen LogP contribution in [0.2, 0.25) is 5.02 Å². The van der Waals surface area contributed by atoms with E-state index >= 15 is 0 Å². The molecule has 0 radical (unpaired) electrons. The summed E-state index contributed by atoms with van der Waals surface area (Å²) in [5.74, 6) is 1.69. The number of rotatable bonds is 7. The Labute approximate surface area is 197 Å². The number of ether oxygens (including phenoxy) is 2. The van der Waals surface area contributed by atoms with Gasteiger partial charge in [-0.3, -0.25) is 4.79 Å². The third-order valence-electron chi connectivity index (χ3n) is 5.12. The first-order valence-corrected chi connectivity index (χ1v) is 11.2. The van der Waals surface area contributed by atoms with E-state index in [1.807, 2.05) is 35.2 Å². The number of carbonyl (C=O) groups is 1. The summed E-state index contributed by atoms with van der Waals surface area (Å²) >= 11 is 6.44. The fourth-order valence-corrected chi connectivity index (χ4v) is 3.84. The summed E-state index contributed by atoms with van der Waals surface area (Å²) in [5.41, 5.74) is 2.32. The Morgan fingerprint density at radius 2 is 2.09 bits per heavy atom. The summed E-state index contributed by atoms with van der Waals surface area (Å²) in [4.78, 5) is 19.6. The Hall–Kier alpha value is -3.29. The van der Waals surface area contributed by atoms with Crippen molar-refractivity contribution in [2.45, 2.75) is 20.5 Å². The molecule has 1 amide bonds. The molecule has 1 aliphatic rings. The maximum atomic E-state index is 13.2.